The fraction of sp³-hybridized carbons (Fsp3) is 0.605. The first kappa shape index (κ1) is 47.3. The molecular formula is C43H66N4O9. The van der Waals surface area contributed by atoms with E-state index in [2.05, 4.69) is 21.3 Å². The van der Waals surface area contributed by atoms with E-state index < -0.39 is 47.3 Å². The highest BCUT2D eigenvalue weighted by molar-refractivity contribution is 5.91. The predicted molar refractivity (Wildman–Crippen MR) is 216 cm³/mol. The molecule has 0 unspecified atom stereocenters. The Morgan fingerprint density at radius 3 is 2.05 bits per heavy atom. The van der Waals surface area contributed by atoms with Crippen molar-refractivity contribution in [2.24, 2.45) is 0 Å². The molecule has 0 aromatic heterocycles. The monoisotopic (exact) mass is 782 g/mol. The molecule has 0 radical (unpaired) electrons. The summed E-state index contributed by atoms with van der Waals surface area (Å²) in [6.07, 6.45) is 3.01. The number of esters is 1. The van der Waals surface area contributed by atoms with Crippen molar-refractivity contribution in [3.63, 3.8) is 0 Å². The van der Waals surface area contributed by atoms with E-state index in [1.165, 1.54) is 0 Å². The first-order valence-corrected chi connectivity index (χ1v) is 19.8. The Kier molecular flexibility index (Phi) is 20.3. The van der Waals surface area contributed by atoms with Crippen LogP contribution in [0.3, 0.4) is 0 Å². The van der Waals surface area contributed by atoms with Gasteiger partial charge in [-0.25, -0.2) is 9.59 Å². The van der Waals surface area contributed by atoms with Crippen molar-refractivity contribution in [3.05, 3.63) is 64.7 Å². The number of ether oxygens (including phenoxy) is 4. The first-order valence-electron chi connectivity index (χ1n) is 19.8. The molecule has 0 bridgehead atoms. The molecule has 13 nitrogen and oxygen atoms in total. The number of aryl methyl sites for hydroxylation is 2. The Bertz CT molecular complexity index is 1550. The predicted octanol–water partition coefficient (Wildman–Crippen LogP) is 7.13. The van der Waals surface area contributed by atoms with Crippen LogP contribution in [0.4, 0.5) is 9.59 Å². The number of alkyl carbamates (subject to hydrolysis) is 2. The van der Waals surface area contributed by atoms with E-state index in [9.17, 15) is 24.0 Å². The molecular weight excluding hydrogens is 716 g/mol. The van der Waals surface area contributed by atoms with Gasteiger partial charge in [0.1, 0.15) is 29.0 Å². The van der Waals surface area contributed by atoms with Gasteiger partial charge in [0.05, 0.1) is 13.2 Å². The lowest BCUT2D eigenvalue weighted by molar-refractivity contribution is -0.155. The molecule has 2 rings (SSSR count). The summed E-state index contributed by atoms with van der Waals surface area (Å²) in [5, 5.41) is 11.3. The molecule has 56 heavy (non-hydrogen) atoms. The molecule has 4 N–H and O–H groups in total. The van der Waals surface area contributed by atoms with Crippen LogP contribution in [0.15, 0.2) is 42.5 Å². The van der Waals surface area contributed by atoms with E-state index in [0.29, 0.717) is 51.0 Å². The minimum absolute atomic E-state index is 0.0540. The molecule has 312 valence electrons. The van der Waals surface area contributed by atoms with Gasteiger partial charge in [0.25, 0.3) is 0 Å². The van der Waals surface area contributed by atoms with Crippen LogP contribution >= 0.6 is 0 Å². The van der Waals surface area contributed by atoms with E-state index in [0.717, 1.165) is 28.7 Å². The van der Waals surface area contributed by atoms with Crippen molar-refractivity contribution in [1.29, 1.82) is 0 Å². The Balaban J connectivity index is 2.13. The number of carbonyl (C=O) groups is 5. The Morgan fingerprint density at radius 2 is 1.39 bits per heavy atom. The zero-order chi connectivity index (χ0) is 41.7. The number of rotatable bonds is 22. The van der Waals surface area contributed by atoms with E-state index in [4.69, 9.17) is 18.9 Å². The quantitative estimate of drug-likeness (QED) is 0.0552. The van der Waals surface area contributed by atoms with Crippen LogP contribution in [0, 0.1) is 13.8 Å². The lowest BCUT2D eigenvalue weighted by Gasteiger charge is -2.24. The van der Waals surface area contributed by atoms with Crippen LogP contribution in [-0.4, -0.2) is 73.0 Å². The summed E-state index contributed by atoms with van der Waals surface area (Å²) >= 11 is 0. The highest BCUT2D eigenvalue weighted by Gasteiger charge is 2.28. The third-order valence-corrected chi connectivity index (χ3v) is 8.54. The van der Waals surface area contributed by atoms with Gasteiger partial charge in [0, 0.05) is 19.5 Å². The molecule has 0 fully saturated rings. The molecule has 2 aromatic rings. The number of nitrogens with one attached hydrogen (secondary N) is 4. The van der Waals surface area contributed by atoms with Gasteiger partial charge in [-0.3, -0.25) is 14.4 Å². The molecule has 0 saturated carbocycles. The van der Waals surface area contributed by atoms with Crippen molar-refractivity contribution in [3.8, 4) is 5.75 Å². The standard InChI is InChI=1S/C43H66N4O9/c1-10-11-25-54-41(52)47-35(20-17-21-37(48)55-42(4,5)6)39(50)46-36(23-22-32-18-13-12-14-19-32)38(49)45-29-33-28-34(27-30(2)31(33)3)53-26-16-15-24-44-40(51)56-43(7,8)9/h12-14,18-19,27-28,35-36H,10-11,15-17,20-26,29H2,1-9H3,(H,44,51)(H,45,49)(H,46,50)(H,47,52)/t35-,36-/m0/s1. The number of hydrogen-bond acceptors (Lipinski definition) is 9. The van der Waals surface area contributed by atoms with Gasteiger partial charge in [0.2, 0.25) is 11.8 Å². The van der Waals surface area contributed by atoms with Gasteiger partial charge < -0.3 is 40.2 Å². The van der Waals surface area contributed by atoms with E-state index in [1.807, 2.05) is 84.0 Å². The van der Waals surface area contributed by atoms with E-state index in [-0.39, 0.29) is 38.3 Å². The second-order valence-electron chi connectivity index (χ2n) is 16.0. The van der Waals surface area contributed by atoms with Crippen molar-refractivity contribution in [2.45, 2.75) is 150 Å². The lowest BCUT2D eigenvalue weighted by atomic mass is 10.0. The molecule has 0 saturated heterocycles. The topological polar surface area (TPSA) is 170 Å². The average molecular weight is 783 g/mol. The highest BCUT2D eigenvalue weighted by Crippen LogP contribution is 2.22. The van der Waals surface area contributed by atoms with Crippen LogP contribution < -0.4 is 26.0 Å². The third-order valence-electron chi connectivity index (χ3n) is 8.54. The molecule has 2 aromatic carbocycles. The SMILES string of the molecule is CCCCOC(=O)N[C@@H](CCCC(=O)OC(C)(C)C)C(=O)N[C@@H](CCc1ccccc1)C(=O)NCc1cc(OCCCCNC(=O)OC(C)(C)C)cc(C)c1C. The minimum atomic E-state index is -1.05. The van der Waals surface area contributed by atoms with Crippen LogP contribution in [0.25, 0.3) is 0 Å². The van der Waals surface area contributed by atoms with Crippen molar-refractivity contribution in [1.82, 2.24) is 21.3 Å². The molecule has 2 atom stereocenters. The number of unbranched alkanes of at least 4 members (excludes halogenated alkanes) is 2. The molecule has 13 heteroatoms. The molecule has 0 aliphatic carbocycles. The van der Waals surface area contributed by atoms with E-state index >= 15 is 0 Å². The molecule has 0 aliphatic rings. The summed E-state index contributed by atoms with van der Waals surface area (Å²) in [5.41, 5.74) is 2.66. The van der Waals surface area contributed by atoms with Gasteiger partial charge in [-0.05, 0) is 135 Å². The van der Waals surface area contributed by atoms with Crippen LogP contribution in [-0.2, 0) is 41.6 Å². The molecule has 4 amide bonds. The number of hydrogen-bond donors (Lipinski definition) is 4. The summed E-state index contributed by atoms with van der Waals surface area (Å²) < 4.78 is 22.0. The van der Waals surface area contributed by atoms with Crippen LogP contribution in [0.5, 0.6) is 5.75 Å². The Morgan fingerprint density at radius 1 is 0.714 bits per heavy atom. The molecule has 0 heterocycles. The average Bonchev–Trinajstić information content (AvgIpc) is 3.10. The van der Waals surface area contributed by atoms with Crippen LogP contribution in [0.2, 0.25) is 0 Å². The summed E-state index contributed by atoms with van der Waals surface area (Å²) in [5.74, 6) is -0.681. The molecule has 0 aliphatic heterocycles. The van der Waals surface area contributed by atoms with Gasteiger partial charge in [0.15, 0.2) is 0 Å². The van der Waals surface area contributed by atoms with Crippen molar-refractivity contribution < 1.29 is 42.9 Å². The second kappa shape index (κ2) is 24.0. The molecule has 0 spiro atoms. The zero-order valence-electron chi connectivity index (χ0n) is 35.1. The Hall–Kier alpha value is -4.81. The maximum Gasteiger partial charge on any atom is 0.407 e. The van der Waals surface area contributed by atoms with Gasteiger partial charge in [-0.2, -0.15) is 0 Å². The van der Waals surface area contributed by atoms with Gasteiger partial charge in [-0.1, -0.05) is 43.7 Å². The smallest absolute Gasteiger partial charge is 0.407 e. The van der Waals surface area contributed by atoms with Gasteiger partial charge >= 0.3 is 18.2 Å². The van der Waals surface area contributed by atoms with Crippen LogP contribution in [0.1, 0.15) is 122 Å². The lowest BCUT2D eigenvalue weighted by Crippen LogP contribution is -2.54. The van der Waals surface area contributed by atoms with Gasteiger partial charge in [-0.15, -0.1) is 0 Å². The fourth-order valence-corrected chi connectivity index (χ4v) is 5.49. The Labute approximate surface area is 333 Å². The van der Waals surface area contributed by atoms with Crippen molar-refractivity contribution >= 4 is 30.0 Å². The second-order valence-corrected chi connectivity index (χ2v) is 16.0. The number of carbonyl (C=O) groups excluding carboxylic acids is 5. The zero-order valence-corrected chi connectivity index (χ0v) is 35.1. The number of amides is 4. The largest absolute Gasteiger partial charge is 0.494 e. The van der Waals surface area contributed by atoms with Crippen molar-refractivity contribution in [2.75, 3.05) is 19.8 Å². The van der Waals surface area contributed by atoms with E-state index in [1.54, 1.807) is 20.8 Å². The summed E-state index contributed by atoms with van der Waals surface area (Å²) in [4.78, 5) is 64.5. The minimum Gasteiger partial charge on any atom is -0.494 e. The summed E-state index contributed by atoms with van der Waals surface area (Å²) in [6, 6.07) is 11.5. The first-order chi connectivity index (χ1) is 26.4. The summed E-state index contributed by atoms with van der Waals surface area (Å²) in [7, 11) is 0. The fourth-order valence-electron chi connectivity index (χ4n) is 5.49. The highest BCUT2D eigenvalue weighted by atomic mass is 16.6. The summed E-state index contributed by atoms with van der Waals surface area (Å²) in [6.45, 7) is 18.0. The maximum absolute atomic E-state index is 13.8. The number of benzene rings is 2. The maximum atomic E-state index is 13.8. The third kappa shape index (κ3) is 20.2. The normalized spacial score (nSPS) is 12.4.